The Hall–Kier alpha value is -0.937. The van der Waals surface area contributed by atoms with Crippen molar-refractivity contribution in [1.82, 2.24) is 0 Å². The first-order valence-corrected chi connectivity index (χ1v) is 5.45. The van der Waals surface area contributed by atoms with E-state index in [1.165, 1.54) is 0 Å². The summed E-state index contributed by atoms with van der Waals surface area (Å²) in [5.41, 5.74) is 0. The molecule has 0 aliphatic rings. The number of rotatable bonds is 2. The summed E-state index contributed by atoms with van der Waals surface area (Å²) in [5.74, 6) is -5.34. The molecule has 0 aromatic carbocycles. The Labute approximate surface area is 84.7 Å². The van der Waals surface area contributed by atoms with E-state index >= 15 is 0 Å². The Morgan fingerprint density at radius 2 is 1.07 bits per heavy atom. The molecular weight excluding hydrogens is 299 g/mol. The van der Waals surface area contributed by atoms with E-state index in [1.54, 1.807) is 0 Å². The summed E-state index contributed by atoms with van der Waals surface area (Å²) in [5, 5.41) is 0. The van der Waals surface area contributed by atoms with Gasteiger partial charge in [-0.1, -0.05) is 0 Å². The minimum atomic E-state index is -5.31. The van der Waals surface area contributed by atoms with Crippen LogP contribution in [0.25, 0.3) is 0 Å². The molecule has 4 nitrogen and oxygen atoms in total. The van der Waals surface area contributed by atoms with Crippen molar-refractivity contribution in [1.29, 1.82) is 0 Å². The molecule has 0 aromatic rings. The Morgan fingerprint density at radius 1 is 0.800 bits per heavy atom. The van der Waals surface area contributed by atoms with Crippen LogP contribution in [-0.2, 0) is 17.1 Å². The molecule has 0 amide bonds. The number of hydrogen-bond acceptors (Lipinski definition) is 4. The first-order chi connectivity index (χ1) is 6.55. The Morgan fingerprint density at radius 3 is 1.27 bits per heavy atom. The minimum absolute atomic E-state index is 2.67. The molecule has 0 saturated heterocycles. The predicted octanol–water partition coefficient (Wildman–Crippen LogP) is 0.196. The van der Waals surface area contributed by atoms with Crippen molar-refractivity contribution in [2.75, 3.05) is 0 Å². The summed E-state index contributed by atoms with van der Waals surface area (Å²) < 4.78 is 75.1. The summed E-state index contributed by atoms with van der Waals surface area (Å²) in [6, 6.07) is 0. The maximum absolute atomic E-state index is 11.4. The monoisotopic (exact) mass is 302 g/mol. The number of carbonyl (C=O) groups excluding carboxylic acids is 2. The fraction of sp³-hybridized carbons (Fsp3) is 0.500. The van der Waals surface area contributed by atoms with Crippen LogP contribution in [0.1, 0.15) is 0 Å². The Kier molecular flexibility index (Phi) is 4.43. The molecule has 0 radical (unpaired) electrons. The van der Waals surface area contributed by atoms with Crippen LogP contribution < -0.4 is 0 Å². The third kappa shape index (κ3) is 5.49. The standard InChI is InChI=1S/C4H2F6GeO4/c5-3(6,7)1(12)14-11-15-2(13)4(8,9)10/h11H2. The van der Waals surface area contributed by atoms with Gasteiger partial charge in [0.1, 0.15) is 0 Å². The summed E-state index contributed by atoms with van der Waals surface area (Å²) in [7, 11) is 0. The molecule has 15 heavy (non-hydrogen) atoms. The predicted molar refractivity (Wildman–Crippen MR) is 32.8 cm³/mol. The van der Waals surface area contributed by atoms with Gasteiger partial charge >= 0.3 is 83.9 Å². The molecule has 0 rings (SSSR count). The van der Waals surface area contributed by atoms with Crippen molar-refractivity contribution in [2.24, 2.45) is 0 Å². The normalized spacial score (nSPS) is 12.1. The van der Waals surface area contributed by atoms with Crippen molar-refractivity contribution < 1.29 is 43.5 Å². The molecule has 0 aromatic heterocycles. The van der Waals surface area contributed by atoms with Crippen LogP contribution in [-0.4, -0.2) is 40.4 Å². The summed E-state index contributed by atoms with van der Waals surface area (Å²) in [6.45, 7) is 0. The van der Waals surface area contributed by atoms with Crippen molar-refractivity contribution >= 4 is 28.0 Å². The second-order valence-corrected chi connectivity index (χ2v) is 3.68. The Balaban J connectivity index is 3.92. The van der Waals surface area contributed by atoms with E-state index in [0.717, 1.165) is 0 Å². The molecule has 0 fully saturated rings. The average molecular weight is 301 g/mol. The van der Waals surface area contributed by atoms with Gasteiger partial charge in [-0.05, 0) is 0 Å². The first-order valence-electron chi connectivity index (χ1n) is 3.03. The number of carbonyl (C=O) groups is 2. The fourth-order valence-electron chi connectivity index (χ4n) is 0.300. The third-order valence-electron chi connectivity index (χ3n) is 0.843. The van der Waals surface area contributed by atoms with Crippen LogP contribution in [0.15, 0.2) is 0 Å². The maximum atomic E-state index is 11.4. The van der Waals surface area contributed by atoms with Crippen LogP contribution in [0, 0.1) is 0 Å². The van der Waals surface area contributed by atoms with E-state index in [2.05, 4.69) is 7.53 Å². The quantitative estimate of drug-likeness (QED) is 0.540. The van der Waals surface area contributed by atoms with Gasteiger partial charge in [0.15, 0.2) is 0 Å². The summed E-state index contributed by atoms with van der Waals surface area (Å²) >= 11 is -3.41. The zero-order valence-corrected chi connectivity index (χ0v) is 9.58. The molecule has 0 heterocycles. The first kappa shape index (κ1) is 14.1. The van der Waals surface area contributed by atoms with E-state index in [4.69, 9.17) is 0 Å². The molecule has 0 unspecified atom stereocenters. The van der Waals surface area contributed by atoms with Gasteiger partial charge in [-0.3, -0.25) is 0 Å². The molecule has 0 bridgehead atoms. The van der Waals surface area contributed by atoms with Gasteiger partial charge in [0, 0.05) is 0 Å². The van der Waals surface area contributed by atoms with Crippen molar-refractivity contribution in [3.63, 3.8) is 0 Å². The summed E-state index contributed by atoms with van der Waals surface area (Å²) in [4.78, 5) is 19.8. The van der Waals surface area contributed by atoms with Gasteiger partial charge in [0.05, 0.1) is 0 Å². The van der Waals surface area contributed by atoms with Gasteiger partial charge in [-0.2, -0.15) is 0 Å². The number of hydrogen-bond donors (Lipinski definition) is 0. The van der Waals surface area contributed by atoms with Gasteiger partial charge < -0.3 is 0 Å². The van der Waals surface area contributed by atoms with Crippen LogP contribution in [0.2, 0.25) is 0 Å². The summed E-state index contributed by atoms with van der Waals surface area (Å²) in [6.07, 6.45) is -10.6. The van der Waals surface area contributed by atoms with Crippen LogP contribution in [0.4, 0.5) is 26.3 Å². The second kappa shape index (κ2) is 4.72. The van der Waals surface area contributed by atoms with E-state index < -0.39 is 40.4 Å². The van der Waals surface area contributed by atoms with Crippen LogP contribution >= 0.6 is 0 Å². The molecule has 0 aliphatic carbocycles. The third-order valence-corrected chi connectivity index (χ3v) is 2.44. The van der Waals surface area contributed by atoms with E-state index in [0.29, 0.717) is 0 Å². The Bertz CT molecular complexity index is 231. The fourth-order valence-corrected chi connectivity index (χ4v) is 1.56. The number of halogens is 6. The zero-order chi connectivity index (χ0) is 12.3. The molecule has 0 aliphatic heterocycles. The van der Waals surface area contributed by atoms with Crippen molar-refractivity contribution in [3.8, 4) is 0 Å². The second-order valence-electron chi connectivity index (χ2n) is 1.98. The molecule has 0 atom stereocenters. The molecule has 11 heteroatoms. The van der Waals surface area contributed by atoms with Gasteiger partial charge in [-0.25, -0.2) is 0 Å². The zero-order valence-electron chi connectivity index (χ0n) is 6.61. The number of alkyl halides is 6. The van der Waals surface area contributed by atoms with E-state index in [1.807, 2.05) is 0 Å². The van der Waals surface area contributed by atoms with Crippen LogP contribution in [0.5, 0.6) is 0 Å². The van der Waals surface area contributed by atoms with Crippen LogP contribution in [0.3, 0.4) is 0 Å². The molecular formula is C4H2F6GeO4. The van der Waals surface area contributed by atoms with Crippen molar-refractivity contribution in [3.05, 3.63) is 0 Å². The average Bonchev–Trinajstić information content (AvgIpc) is 2.00. The molecule has 0 N–H and O–H groups in total. The topological polar surface area (TPSA) is 52.6 Å². The van der Waals surface area contributed by atoms with E-state index in [9.17, 15) is 35.9 Å². The molecule has 0 saturated carbocycles. The van der Waals surface area contributed by atoms with Gasteiger partial charge in [0.25, 0.3) is 0 Å². The molecule has 88 valence electrons. The van der Waals surface area contributed by atoms with Gasteiger partial charge in [-0.15, -0.1) is 0 Å². The molecule has 0 spiro atoms. The van der Waals surface area contributed by atoms with E-state index in [-0.39, 0.29) is 0 Å². The SMILES string of the molecule is O=C([O][GeH2][O]C(=O)C(F)(F)F)C(F)(F)F. The van der Waals surface area contributed by atoms with Crippen molar-refractivity contribution in [2.45, 2.75) is 12.4 Å². The van der Waals surface area contributed by atoms with Gasteiger partial charge in [0.2, 0.25) is 0 Å².